The fraction of sp³-hybridized carbons (Fsp3) is 0.917. The van der Waals surface area contributed by atoms with E-state index in [-0.39, 0.29) is 4.31 Å². The van der Waals surface area contributed by atoms with Gasteiger partial charge >= 0.3 is 93.6 Å². The molecule has 0 radical (unpaired) electrons. The molecule has 0 aromatic heterocycles. The normalized spacial score (nSPS) is 118. The summed E-state index contributed by atoms with van der Waals surface area (Å²) in [6.45, 7) is -2.45. The van der Waals surface area contributed by atoms with E-state index in [2.05, 4.69) is 0 Å². The van der Waals surface area contributed by atoms with Crippen LogP contribution in [0.3, 0.4) is 0 Å². The number of fused-ring (bicyclic) bond motifs is 10. The molecule has 1 N–H and O–H groups in total. The van der Waals surface area contributed by atoms with Crippen molar-refractivity contribution in [3.8, 4) is 0 Å². The van der Waals surface area contributed by atoms with Gasteiger partial charge in [-0.1, -0.05) is 0 Å². The summed E-state index contributed by atoms with van der Waals surface area (Å²) in [5.41, 5.74) is 0. The van der Waals surface area contributed by atoms with Crippen molar-refractivity contribution in [2.24, 2.45) is 0 Å². The van der Waals surface area contributed by atoms with E-state index in [1.54, 1.807) is 6.92 Å². The molecule has 8 unspecified atom stereocenters. The first kappa shape index (κ1) is 7.21. The third kappa shape index (κ3) is 0.0631. The summed E-state index contributed by atoms with van der Waals surface area (Å²) in [7, 11) is -3.91. The summed E-state index contributed by atoms with van der Waals surface area (Å²) in [4.78, 5) is 17.3. The van der Waals surface area contributed by atoms with Crippen molar-refractivity contribution in [2.45, 2.75) is 53.4 Å². The summed E-state index contributed by atoms with van der Waals surface area (Å²) in [5.74, 6) is 0.344. The monoisotopic (exact) mass is 308 g/mol. The van der Waals surface area contributed by atoms with Crippen molar-refractivity contribution in [1.29, 1.82) is 0 Å². The predicted octanol–water partition coefficient (Wildman–Crippen LogP) is 2.13. The molecule has 10 fully saturated rings. The number of carbonyl (C=O) groups is 1. The van der Waals surface area contributed by atoms with Gasteiger partial charge < -0.3 is 0 Å². The molecule has 8 atom stereocenters. The van der Waals surface area contributed by atoms with Crippen LogP contribution < -0.4 is 0 Å². The molecular weight excluding hydrogens is 296 g/mol. The summed E-state index contributed by atoms with van der Waals surface area (Å²) in [6, 6.07) is 0. The predicted molar refractivity (Wildman–Crippen MR) is 57.7 cm³/mol. The van der Waals surface area contributed by atoms with Crippen molar-refractivity contribution in [3.05, 3.63) is 0 Å². The van der Waals surface area contributed by atoms with Crippen molar-refractivity contribution in [2.75, 3.05) is 0 Å². The molecule has 0 bridgehead atoms. The quantitative estimate of drug-likeness (QED) is 0.626. The summed E-state index contributed by atoms with van der Waals surface area (Å²) < 4.78 is 33.8. The number of rotatable bonds is 2. The molecule has 0 aromatic carbocycles. The number of hydrogen-bond donors (Lipinski definition) is 1. The Bertz CT molecular complexity index is 1220. The first-order chi connectivity index (χ1) is 8.12. The molecule has 10 aliphatic heterocycles. The second-order valence-corrected chi connectivity index (χ2v) is 35.9. The van der Waals surface area contributed by atoms with Crippen LogP contribution in [0.15, 0.2) is 0 Å². The van der Waals surface area contributed by atoms with Gasteiger partial charge in [-0.15, -0.1) is 0 Å². The van der Waals surface area contributed by atoms with Crippen LogP contribution in [0.4, 0.5) is 0 Å². The average Bonchev–Trinajstić information content (AvgIpc) is 3.22. The number of Topliss-reactive ketones (excluding diaryl/α,β-unsaturated/α-hetero) is 1. The van der Waals surface area contributed by atoms with Gasteiger partial charge in [0.15, 0.2) is 0 Å². The molecule has 98 valence electrons. The van der Waals surface area contributed by atoms with Gasteiger partial charge in [0, 0.05) is 0 Å². The van der Waals surface area contributed by atoms with E-state index in [4.69, 9.17) is 0 Å². The minimum absolute atomic E-state index is 0.0653. The molecule has 0 amide bonds. The molecule has 0 aliphatic carbocycles. The number of hydrogen-bond acceptors (Lipinski definition) is 3. The zero-order chi connectivity index (χ0) is 12.0. The van der Waals surface area contributed by atoms with Crippen molar-refractivity contribution >= 4 is 15.9 Å². The first-order valence-electron chi connectivity index (χ1n) is 6.82. The molecule has 10 rings (SSSR count). The molecule has 10 aliphatic rings. The number of carbonyl (C=O) groups excluding carboxylic acids is 1. The molecule has 0 aromatic rings. The second kappa shape index (κ2) is 0.546. The fourth-order valence-corrected chi connectivity index (χ4v) is 106. The van der Waals surface area contributed by atoms with Gasteiger partial charge in [-0.2, -0.15) is 0 Å². The topological polar surface area (TPSA) is 71.4 Å². The Labute approximate surface area is 93.5 Å². The zero-order valence-corrected chi connectivity index (χ0v) is 11.5. The average molecular weight is 308 g/mol. The van der Waals surface area contributed by atoms with Crippen LogP contribution in [-0.2, 0) is 21.4 Å². The van der Waals surface area contributed by atoms with E-state index >= 15 is 0 Å². The third-order valence-corrected chi connectivity index (χ3v) is 63.5. The molecule has 10 heterocycles. The molecule has 10 saturated heterocycles. The minimum atomic E-state index is -4.18. The van der Waals surface area contributed by atoms with Crippen molar-refractivity contribution in [3.63, 3.8) is 0 Å². The van der Waals surface area contributed by atoms with Crippen LogP contribution in [0, 0.1) is 0 Å². The Morgan fingerprint density at radius 3 is 1.67 bits per heavy atom. The maximum atomic E-state index is 12.4. The van der Waals surface area contributed by atoms with E-state index < -0.39 is 20.3 Å². The van der Waals surface area contributed by atoms with Crippen LogP contribution in [-0.4, -0.2) is 22.4 Å². The fourth-order valence-electron chi connectivity index (χ4n) is 18.0. The van der Waals surface area contributed by atoms with Crippen LogP contribution in [0.2, 0.25) is 42.8 Å². The maximum absolute atomic E-state index is 12.4. The van der Waals surface area contributed by atoms with Gasteiger partial charge in [-0.25, -0.2) is 0 Å². The van der Waals surface area contributed by atoms with E-state index in [1.165, 1.54) is 0 Å². The Morgan fingerprint density at radius 1 is 1.06 bits per heavy atom. The Kier molecular flexibility index (Phi) is 0.219. The Morgan fingerprint density at radius 2 is 1.50 bits per heavy atom. The molecule has 1 spiro atoms. The van der Waals surface area contributed by atoms with Crippen LogP contribution in [0.5, 0.6) is 0 Å². The Balaban J connectivity index is 1.76. The van der Waals surface area contributed by atoms with Gasteiger partial charge in [-0.05, 0) is 0 Å². The van der Waals surface area contributed by atoms with Gasteiger partial charge in [0.2, 0.25) is 0 Å². The van der Waals surface area contributed by atoms with Crippen LogP contribution in [0.1, 0.15) is 6.92 Å². The van der Waals surface area contributed by atoms with Crippen molar-refractivity contribution in [1.82, 2.24) is 0 Å². The summed E-state index contributed by atoms with van der Waals surface area (Å²) in [6.07, 6.45) is 0. The SMILES string of the molecule is CC(=O)[C]12[CH]3[CH]4[CH]5[CH]1[Fe]45321678[CH]2[CH]1[CH]6[C]7(S(=O)(=O)O)[CH]28. The molecular formula is C12H12FeO4S. The van der Waals surface area contributed by atoms with Gasteiger partial charge in [-0.3, -0.25) is 0 Å². The molecule has 4 nitrogen and oxygen atoms in total. The van der Waals surface area contributed by atoms with E-state index in [1.807, 2.05) is 0 Å². The standard InChI is InChI=1S/C7H7O.C5H5O3S.Fe/c1-6(8)7-4-2-3-5-7;6-9(7,8)5-3-1-2-4-5;/h2-5H,1H3;1-4H,(H,6,7,8);. The molecule has 6 heteroatoms. The summed E-state index contributed by atoms with van der Waals surface area (Å²) in [5, 5.41) is 0. The second-order valence-electron chi connectivity index (χ2n) is 10.7. The van der Waals surface area contributed by atoms with E-state index in [0.717, 1.165) is 19.3 Å². The van der Waals surface area contributed by atoms with Crippen molar-refractivity contribution < 1.29 is 24.3 Å². The zero-order valence-electron chi connectivity index (χ0n) is 9.55. The van der Waals surface area contributed by atoms with E-state index in [9.17, 15) is 17.8 Å². The van der Waals surface area contributed by atoms with Gasteiger partial charge in [0.05, 0.1) is 0 Å². The Hall–Kier alpha value is 0.0995. The third-order valence-electron chi connectivity index (χ3n) is 15.6. The van der Waals surface area contributed by atoms with Gasteiger partial charge in [0.1, 0.15) is 0 Å². The molecule has 18 heavy (non-hydrogen) atoms. The first-order valence-corrected chi connectivity index (χ1v) is 14.5. The van der Waals surface area contributed by atoms with Gasteiger partial charge in [0.25, 0.3) is 0 Å². The van der Waals surface area contributed by atoms with E-state index in [0.29, 0.717) is 25.0 Å². The number of ketones is 1. The van der Waals surface area contributed by atoms with Crippen LogP contribution >= 0.6 is 0 Å². The summed E-state index contributed by atoms with van der Waals surface area (Å²) >= 11 is 0. The molecule has 0 saturated carbocycles. The van der Waals surface area contributed by atoms with Crippen LogP contribution in [0.25, 0.3) is 0 Å².